The van der Waals surface area contributed by atoms with Gasteiger partial charge in [-0.05, 0) is 44.1 Å². The second kappa shape index (κ2) is 7.95. The van der Waals surface area contributed by atoms with Crippen molar-refractivity contribution in [2.45, 2.75) is 59.8 Å². The van der Waals surface area contributed by atoms with Crippen LogP contribution in [0.4, 0.5) is 5.00 Å². The van der Waals surface area contributed by atoms with E-state index in [1.165, 1.54) is 4.88 Å². The molecule has 2 rings (SSSR count). The first kappa shape index (κ1) is 18.0. The molecule has 0 radical (unpaired) electrons. The van der Waals surface area contributed by atoms with Gasteiger partial charge in [0.1, 0.15) is 5.00 Å². The molecule has 5 heteroatoms. The zero-order valence-electron chi connectivity index (χ0n) is 14.5. The van der Waals surface area contributed by atoms with Crippen molar-refractivity contribution in [3.63, 3.8) is 0 Å². The van der Waals surface area contributed by atoms with Gasteiger partial charge >= 0.3 is 5.97 Å². The van der Waals surface area contributed by atoms with E-state index in [0.717, 1.165) is 37.7 Å². The van der Waals surface area contributed by atoms with Gasteiger partial charge in [0.2, 0.25) is 5.91 Å². The Morgan fingerprint density at radius 3 is 2.78 bits per heavy atom. The maximum atomic E-state index is 12.4. The average Bonchev–Trinajstić information content (AvgIpc) is 2.84. The van der Waals surface area contributed by atoms with Gasteiger partial charge in [-0.15, -0.1) is 11.3 Å². The summed E-state index contributed by atoms with van der Waals surface area (Å²) in [4.78, 5) is 26.0. The number of carbonyl (C=O) groups is 2. The topological polar surface area (TPSA) is 55.4 Å². The summed E-state index contributed by atoms with van der Waals surface area (Å²) in [5, 5.41) is 3.66. The first-order chi connectivity index (χ1) is 11.0. The lowest BCUT2D eigenvalue weighted by atomic mass is 9.88. The van der Waals surface area contributed by atoms with Gasteiger partial charge in [0.15, 0.2) is 0 Å². The smallest absolute Gasteiger partial charge is 0.341 e. The van der Waals surface area contributed by atoms with Gasteiger partial charge in [-0.3, -0.25) is 4.79 Å². The molecule has 0 aliphatic heterocycles. The summed E-state index contributed by atoms with van der Waals surface area (Å²) in [6, 6.07) is 0. The van der Waals surface area contributed by atoms with E-state index >= 15 is 0 Å². The van der Waals surface area contributed by atoms with Crippen LogP contribution in [0.15, 0.2) is 0 Å². The maximum Gasteiger partial charge on any atom is 0.341 e. The quantitative estimate of drug-likeness (QED) is 0.782. The number of anilines is 1. The molecule has 1 heterocycles. The third-order valence-electron chi connectivity index (χ3n) is 4.40. The van der Waals surface area contributed by atoms with E-state index in [4.69, 9.17) is 4.74 Å². The lowest BCUT2D eigenvalue weighted by molar-refractivity contribution is -0.119. The van der Waals surface area contributed by atoms with E-state index < -0.39 is 0 Å². The number of esters is 1. The van der Waals surface area contributed by atoms with Crippen LogP contribution in [0.1, 0.15) is 67.8 Å². The number of hydrogen-bond donors (Lipinski definition) is 1. The summed E-state index contributed by atoms with van der Waals surface area (Å²) >= 11 is 1.55. The number of fused-ring (bicyclic) bond motifs is 1. The molecule has 1 N–H and O–H groups in total. The van der Waals surface area contributed by atoms with Crippen LogP contribution in [-0.4, -0.2) is 18.5 Å². The van der Waals surface area contributed by atoms with Gasteiger partial charge in [-0.25, -0.2) is 4.79 Å². The summed E-state index contributed by atoms with van der Waals surface area (Å²) in [5.41, 5.74) is 1.68. The van der Waals surface area contributed by atoms with Crippen LogP contribution in [0.5, 0.6) is 0 Å². The molecule has 2 unspecified atom stereocenters. The van der Waals surface area contributed by atoms with Crippen molar-refractivity contribution in [3.8, 4) is 0 Å². The van der Waals surface area contributed by atoms with Gasteiger partial charge in [-0.1, -0.05) is 27.2 Å². The van der Waals surface area contributed by atoms with Crippen molar-refractivity contribution in [1.29, 1.82) is 0 Å². The zero-order valence-corrected chi connectivity index (χ0v) is 15.3. The van der Waals surface area contributed by atoms with Gasteiger partial charge in [0.05, 0.1) is 12.2 Å². The molecule has 0 saturated carbocycles. The molecule has 1 aromatic heterocycles. The maximum absolute atomic E-state index is 12.4. The Balaban J connectivity index is 2.30. The monoisotopic (exact) mass is 337 g/mol. The molecule has 2 atom stereocenters. The molecule has 1 aliphatic rings. The van der Waals surface area contributed by atoms with E-state index in [0.29, 0.717) is 23.1 Å². The van der Waals surface area contributed by atoms with E-state index in [1.54, 1.807) is 18.3 Å². The molecule has 1 amide bonds. The van der Waals surface area contributed by atoms with E-state index in [1.807, 2.05) is 6.92 Å². The van der Waals surface area contributed by atoms with Crippen LogP contribution in [0, 0.1) is 11.8 Å². The number of amides is 1. The molecule has 0 aromatic carbocycles. The fraction of sp³-hybridized carbons (Fsp3) is 0.667. The molecular weight excluding hydrogens is 310 g/mol. The lowest BCUT2D eigenvalue weighted by Crippen LogP contribution is -2.21. The average molecular weight is 337 g/mol. The highest BCUT2D eigenvalue weighted by molar-refractivity contribution is 7.17. The number of hydrogen-bond acceptors (Lipinski definition) is 4. The van der Waals surface area contributed by atoms with Crippen molar-refractivity contribution in [2.24, 2.45) is 11.8 Å². The fourth-order valence-electron chi connectivity index (χ4n) is 3.06. The van der Waals surface area contributed by atoms with Crippen LogP contribution >= 0.6 is 11.3 Å². The fourth-order valence-corrected chi connectivity index (χ4v) is 4.46. The number of ether oxygens (including phenoxy) is 1. The van der Waals surface area contributed by atoms with E-state index in [-0.39, 0.29) is 17.8 Å². The first-order valence-electron chi connectivity index (χ1n) is 8.60. The second-order valence-corrected chi connectivity index (χ2v) is 7.56. The summed E-state index contributed by atoms with van der Waals surface area (Å²) in [5.74, 6) is 0.258. The Bertz CT molecular complexity index is 579. The van der Waals surface area contributed by atoms with Crippen molar-refractivity contribution < 1.29 is 14.3 Å². The Morgan fingerprint density at radius 2 is 2.13 bits per heavy atom. The summed E-state index contributed by atoms with van der Waals surface area (Å²) in [6.45, 7) is 8.38. The number of rotatable bonds is 6. The summed E-state index contributed by atoms with van der Waals surface area (Å²) in [7, 11) is 0. The third kappa shape index (κ3) is 4.14. The Hall–Kier alpha value is -1.36. The van der Waals surface area contributed by atoms with Crippen LogP contribution in [0.25, 0.3) is 0 Å². The molecule has 1 aromatic rings. The minimum Gasteiger partial charge on any atom is -0.462 e. The lowest BCUT2D eigenvalue weighted by Gasteiger charge is -2.18. The molecular formula is C18H27NO3S. The normalized spacial score (nSPS) is 18.2. The molecule has 0 spiro atoms. The Labute approximate surface area is 142 Å². The van der Waals surface area contributed by atoms with Gasteiger partial charge in [0.25, 0.3) is 0 Å². The van der Waals surface area contributed by atoms with Crippen LogP contribution in [0.3, 0.4) is 0 Å². The standard InChI is InChI=1S/C18H27NO3S/c1-5-7-12(4)16(20)19-17-15(18(21)22-6-2)13-9-8-11(3)10-14(13)23-17/h11-12H,5-10H2,1-4H3,(H,19,20). The van der Waals surface area contributed by atoms with Gasteiger partial charge < -0.3 is 10.1 Å². The molecule has 128 valence electrons. The molecule has 0 bridgehead atoms. The minimum atomic E-state index is -0.307. The largest absolute Gasteiger partial charge is 0.462 e. The highest BCUT2D eigenvalue weighted by atomic mass is 32.1. The van der Waals surface area contributed by atoms with Gasteiger partial charge in [-0.2, -0.15) is 0 Å². The van der Waals surface area contributed by atoms with Gasteiger partial charge in [0, 0.05) is 10.8 Å². The van der Waals surface area contributed by atoms with Crippen molar-refractivity contribution in [2.75, 3.05) is 11.9 Å². The Morgan fingerprint density at radius 1 is 1.39 bits per heavy atom. The van der Waals surface area contributed by atoms with E-state index in [2.05, 4.69) is 19.2 Å². The third-order valence-corrected chi connectivity index (χ3v) is 5.57. The zero-order chi connectivity index (χ0) is 17.0. The van der Waals surface area contributed by atoms with Crippen LogP contribution in [-0.2, 0) is 22.4 Å². The predicted molar refractivity (Wildman–Crippen MR) is 94.2 cm³/mol. The van der Waals surface area contributed by atoms with Crippen LogP contribution < -0.4 is 5.32 Å². The van der Waals surface area contributed by atoms with E-state index in [9.17, 15) is 9.59 Å². The Kier molecular flexibility index (Phi) is 6.22. The molecule has 0 saturated heterocycles. The number of carbonyl (C=O) groups excluding carboxylic acids is 2. The second-order valence-electron chi connectivity index (χ2n) is 6.46. The predicted octanol–water partition coefficient (Wildman–Crippen LogP) is 4.42. The van der Waals surface area contributed by atoms with Crippen molar-refractivity contribution in [3.05, 3.63) is 16.0 Å². The van der Waals surface area contributed by atoms with Crippen molar-refractivity contribution in [1.82, 2.24) is 0 Å². The number of thiophene rings is 1. The molecule has 1 aliphatic carbocycles. The molecule has 23 heavy (non-hydrogen) atoms. The van der Waals surface area contributed by atoms with Crippen molar-refractivity contribution >= 4 is 28.2 Å². The SMILES string of the molecule is CCCC(C)C(=O)Nc1sc2c(c1C(=O)OCC)CCC(C)C2. The molecule has 4 nitrogen and oxygen atoms in total. The minimum absolute atomic E-state index is 0.0101. The van der Waals surface area contributed by atoms with Crippen LogP contribution in [0.2, 0.25) is 0 Å². The molecule has 0 fully saturated rings. The highest BCUT2D eigenvalue weighted by Gasteiger charge is 2.29. The first-order valence-corrected chi connectivity index (χ1v) is 9.42. The summed E-state index contributed by atoms with van der Waals surface area (Å²) in [6.07, 6.45) is 4.77. The number of nitrogens with one attached hydrogen (secondary N) is 1. The highest BCUT2D eigenvalue weighted by Crippen LogP contribution is 2.40. The summed E-state index contributed by atoms with van der Waals surface area (Å²) < 4.78 is 5.23.